The number of carboxylic acids is 2. The van der Waals surface area contributed by atoms with E-state index in [1.165, 1.54) is 0 Å². The van der Waals surface area contributed by atoms with E-state index >= 15 is 0 Å². The van der Waals surface area contributed by atoms with Gasteiger partial charge >= 0.3 is 11.9 Å². The zero-order valence-corrected chi connectivity index (χ0v) is 6.30. The molecule has 0 fully saturated rings. The van der Waals surface area contributed by atoms with Gasteiger partial charge in [-0.1, -0.05) is 9.39 Å². The molecule has 0 radical (unpaired) electrons. The third kappa shape index (κ3) is 5.47. The van der Waals surface area contributed by atoms with Gasteiger partial charge in [0.1, 0.15) is 13.1 Å². The Bertz CT molecular complexity index is 132. The molecule has 10 heavy (non-hydrogen) atoms. The van der Waals surface area contributed by atoms with E-state index in [2.05, 4.69) is 0 Å². The van der Waals surface area contributed by atoms with E-state index in [-0.39, 0.29) is 13.1 Å². The summed E-state index contributed by atoms with van der Waals surface area (Å²) in [5.74, 6) is -2.09. The summed E-state index contributed by atoms with van der Waals surface area (Å²) in [6.07, 6.45) is 0. The van der Waals surface area contributed by atoms with Crippen LogP contribution in [0.2, 0.25) is 0 Å². The first-order valence-corrected chi connectivity index (χ1v) is 2.97. The molecule has 1 unspecified atom stereocenters. The zero-order chi connectivity index (χ0) is 8.15. The van der Waals surface area contributed by atoms with Gasteiger partial charge in [-0.05, 0) is 0 Å². The minimum Gasteiger partial charge on any atom is -0.480 e. The summed E-state index contributed by atoms with van der Waals surface area (Å²) in [7, 11) is 2.02. The Morgan fingerprint density at radius 1 is 1.20 bits per heavy atom. The van der Waals surface area contributed by atoms with Gasteiger partial charge in [0.25, 0.3) is 0 Å². The normalized spacial score (nSPS) is 9.80. The molecule has 1 atom stereocenters. The first-order chi connectivity index (χ1) is 4.52. The minimum atomic E-state index is -1.05. The fourth-order valence-electron chi connectivity index (χ4n) is 0.403. The van der Waals surface area contributed by atoms with Gasteiger partial charge in [0.05, 0.1) is 0 Å². The van der Waals surface area contributed by atoms with Crippen molar-refractivity contribution < 1.29 is 19.8 Å². The molecule has 0 saturated carbocycles. The summed E-state index contributed by atoms with van der Waals surface area (Å²) >= 11 is 0. The van der Waals surface area contributed by atoms with Gasteiger partial charge in [-0.15, -0.1) is 0 Å². The molecule has 0 aliphatic heterocycles. The standard InChI is InChI=1S/C4H8NO4P/c6-3(7)1-5(10)2-4(8)9/h1-2,10H2,(H,6,7)(H,8,9). The Morgan fingerprint density at radius 2 is 1.50 bits per heavy atom. The van der Waals surface area contributed by atoms with Gasteiger partial charge in [0.15, 0.2) is 0 Å². The molecule has 6 heteroatoms. The quantitative estimate of drug-likeness (QED) is 0.536. The van der Waals surface area contributed by atoms with E-state index in [1.807, 2.05) is 9.39 Å². The number of hydrogen-bond donors (Lipinski definition) is 2. The highest BCUT2D eigenvalue weighted by Crippen LogP contribution is 1.95. The molecule has 0 aromatic heterocycles. The Balaban J connectivity index is 3.53. The van der Waals surface area contributed by atoms with Crippen LogP contribution in [0.25, 0.3) is 0 Å². The van der Waals surface area contributed by atoms with Crippen LogP contribution in [-0.4, -0.2) is 39.9 Å². The smallest absolute Gasteiger partial charge is 0.318 e. The lowest BCUT2D eigenvalue weighted by Gasteiger charge is -2.08. The topological polar surface area (TPSA) is 77.8 Å². The summed E-state index contributed by atoms with van der Waals surface area (Å²) in [6, 6.07) is 0. The largest absolute Gasteiger partial charge is 0.480 e. The number of nitrogens with zero attached hydrogens (tertiary/aromatic N) is 1. The predicted molar refractivity (Wildman–Crippen MR) is 36.6 cm³/mol. The van der Waals surface area contributed by atoms with Crippen molar-refractivity contribution in [2.75, 3.05) is 13.1 Å². The van der Waals surface area contributed by atoms with E-state index in [9.17, 15) is 9.59 Å². The second-order valence-electron chi connectivity index (χ2n) is 1.69. The summed E-state index contributed by atoms with van der Waals surface area (Å²) in [4.78, 5) is 19.9. The van der Waals surface area contributed by atoms with Crippen molar-refractivity contribution in [1.82, 2.24) is 4.67 Å². The Morgan fingerprint density at radius 3 is 1.70 bits per heavy atom. The van der Waals surface area contributed by atoms with Crippen molar-refractivity contribution >= 4 is 21.3 Å². The number of rotatable bonds is 4. The molecule has 0 aromatic rings. The number of carbonyl (C=O) groups is 2. The maximum absolute atomic E-state index is 9.94. The summed E-state index contributed by atoms with van der Waals surface area (Å²) in [6.45, 7) is -0.562. The van der Waals surface area contributed by atoms with E-state index in [1.54, 1.807) is 0 Å². The first-order valence-electron chi connectivity index (χ1n) is 2.45. The molecule has 0 aliphatic rings. The fraction of sp³-hybridized carbons (Fsp3) is 0.500. The number of carboxylic acid groups (broad SMARTS) is 2. The molecule has 0 saturated heterocycles. The van der Waals surface area contributed by atoms with E-state index in [4.69, 9.17) is 10.2 Å². The molecule has 0 heterocycles. The van der Waals surface area contributed by atoms with Crippen LogP contribution in [0.1, 0.15) is 0 Å². The second kappa shape index (κ2) is 4.19. The zero-order valence-electron chi connectivity index (χ0n) is 5.15. The minimum absolute atomic E-state index is 0.281. The maximum atomic E-state index is 9.94. The highest BCUT2D eigenvalue weighted by atomic mass is 31.0. The summed E-state index contributed by atoms with van der Waals surface area (Å²) in [5.41, 5.74) is 0. The maximum Gasteiger partial charge on any atom is 0.318 e. The average molecular weight is 165 g/mol. The van der Waals surface area contributed by atoms with Gasteiger partial charge in [0, 0.05) is 0 Å². The van der Waals surface area contributed by atoms with Crippen LogP contribution >= 0.6 is 9.39 Å². The van der Waals surface area contributed by atoms with Crippen LogP contribution in [-0.2, 0) is 9.59 Å². The lowest BCUT2D eigenvalue weighted by molar-refractivity contribution is -0.139. The van der Waals surface area contributed by atoms with Gasteiger partial charge in [0.2, 0.25) is 0 Å². The van der Waals surface area contributed by atoms with Crippen LogP contribution < -0.4 is 0 Å². The highest BCUT2D eigenvalue weighted by molar-refractivity contribution is 7.13. The van der Waals surface area contributed by atoms with E-state index in [0.29, 0.717) is 0 Å². The fourth-order valence-corrected chi connectivity index (χ4v) is 0.716. The summed E-state index contributed by atoms with van der Waals surface area (Å²) in [5, 5.41) is 16.3. The summed E-state index contributed by atoms with van der Waals surface area (Å²) < 4.78 is 1.12. The third-order valence-electron chi connectivity index (χ3n) is 0.677. The Hall–Kier alpha value is -0.670. The van der Waals surface area contributed by atoms with Crippen molar-refractivity contribution in [2.24, 2.45) is 0 Å². The molecule has 0 aromatic carbocycles. The van der Waals surface area contributed by atoms with E-state index in [0.717, 1.165) is 4.67 Å². The average Bonchev–Trinajstić information content (AvgIpc) is 1.58. The van der Waals surface area contributed by atoms with Crippen LogP contribution in [0.3, 0.4) is 0 Å². The van der Waals surface area contributed by atoms with Crippen molar-refractivity contribution in [3.05, 3.63) is 0 Å². The van der Waals surface area contributed by atoms with Crippen LogP contribution in [0.4, 0.5) is 0 Å². The number of aliphatic carboxylic acids is 2. The molecule has 0 rings (SSSR count). The monoisotopic (exact) mass is 165 g/mol. The molecule has 0 aliphatic carbocycles. The van der Waals surface area contributed by atoms with Crippen LogP contribution in [0, 0.1) is 0 Å². The Labute approximate surface area is 59.9 Å². The molecular formula is C4H8NO4P. The third-order valence-corrected chi connectivity index (χ3v) is 1.04. The van der Waals surface area contributed by atoms with Crippen molar-refractivity contribution in [2.45, 2.75) is 0 Å². The second-order valence-corrected chi connectivity index (χ2v) is 2.42. The van der Waals surface area contributed by atoms with Gasteiger partial charge in [-0.25, -0.2) is 0 Å². The predicted octanol–water partition coefficient (Wildman–Crippen LogP) is -0.752. The molecule has 0 bridgehead atoms. The van der Waals surface area contributed by atoms with Crippen molar-refractivity contribution in [3.63, 3.8) is 0 Å². The van der Waals surface area contributed by atoms with Gasteiger partial charge in [-0.2, -0.15) is 0 Å². The molecule has 58 valence electrons. The van der Waals surface area contributed by atoms with E-state index < -0.39 is 11.9 Å². The lowest BCUT2D eigenvalue weighted by atomic mass is 10.6. The molecule has 0 amide bonds. The van der Waals surface area contributed by atoms with Crippen LogP contribution in [0.15, 0.2) is 0 Å². The molecule has 2 N–H and O–H groups in total. The molecule has 5 nitrogen and oxygen atoms in total. The SMILES string of the molecule is O=C(O)CN(P)CC(=O)O. The van der Waals surface area contributed by atoms with Gasteiger partial charge in [-0.3, -0.25) is 14.3 Å². The van der Waals surface area contributed by atoms with Crippen LogP contribution in [0.5, 0.6) is 0 Å². The molecular weight excluding hydrogens is 157 g/mol. The Kier molecular flexibility index (Phi) is 3.91. The van der Waals surface area contributed by atoms with Gasteiger partial charge < -0.3 is 10.2 Å². The number of hydrogen-bond acceptors (Lipinski definition) is 3. The lowest BCUT2D eigenvalue weighted by Crippen LogP contribution is -2.25. The van der Waals surface area contributed by atoms with Crippen molar-refractivity contribution in [1.29, 1.82) is 0 Å². The van der Waals surface area contributed by atoms with Crippen molar-refractivity contribution in [3.8, 4) is 0 Å². The first kappa shape index (κ1) is 9.33. The molecule has 0 spiro atoms. The highest BCUT2D eigenvalue weighted by Gasteiger charge is 2.07.